The van der Waals surface area contributed by atoms with Crippen LogP contribution in [0, 0.1) is 11.7 Å². The summed E-state index contributed by atoms with van der Waals surface area (Å²) < 4.78 is 36.2. The quantitative estimate of drug-likeness (QED) is 0.796. The zero-order chi connectivity index (χ0) is 15.6. The summed E-state index contributed by atoms with van der Waals surface area (Å²) in [4.78, 5) is 13.6. The Morgan fingerprint density at radius 2 is 2.19 bits per heavy atom. The molecule has 1 amide bonds. The standard InChI is InChI=1S/C14H17ClFNO3S/c1-2-3-10-6-7-17(9-10)14(18)12-5-4-11(8-13(12)16)21(15,19)20/h4-5,8,10H,2-3,6-7,9H2,1H3. The van der Waals surface area contributed by atoms with Gasteiger partial charge in [-0.1, -0.05) is 13.3 Å². The summed E-state index contributed by atoms with van der Waals surface area (Å²) in [6, 6.07) is 3.12. The number of nitrogens with zero attached hydrogens (tertiary/aromatic N) is 1. The second-order valence-corrected chi connectivity index (χ2v) is 7.84. The van der Waals surface area contributed by atoms with Gasteiger partial charge in [0.25, 0.3) is 15.0 Å². The Bertz CT molecular complexity index is 648. The van der Waals surface area contributed by atoms with Gasteiger partial charge in [0.05, 0.1) is 10.5 Å². The maximum Gasteiger partial charge on any atom is 0.261 e. The predicted octanol–water partition coefficient (Wildman–Crippen LogP) is 3.02. The molecule has 0 aromatic heterocycles. The van der Waals surface area contributed by atoms with Crippen LogP contribution in [0.25, 0.3) is 0 Å². The Kier molecular flexibility index (Phi) is 4.88. The smallest absolute Gasteiger partial charge is 0.261 e. The Hall–Kier alpha value is -1.14. The summed E-state index contributed by atoms with van der Waals surface area (Å²) in [7, 11) is 1.16. The van der Waals surface area contributed by atoms with E-state index in [0.29, 0.717) is 19.0 Å². The molecule has 1 unspecified atom stereocenters. The minimum Gasteiger partial charge on any atom is -0.338 e. The van der Waals surface area contributed by atoms with Crippen LogP contribution in [0.4, 0.5) is 4.39 Å². The first-order valence-electron chi connectivity index (χ1n) is 6.86. The van der Waals surface area contributed by atoms with E-state index in [4.69, 9.17) is 10.7 Å². The van der Waals surface area contributed by atoms with Crippen molar-refractivity contribution in [3.63, 3.8) is 0 Å². The molecular formula is C14H17ClFNO3S. The molecule has 1 heterocycles. The maximum atomic E-state index is 14.0. The largest absolute Gasteiger partial charge is 0.338 e. The van der Waals surface area contributed by atoms with E-state index in [0.717, 1.165) is 31.4 Å². The van der Waals surface area contributed by atoms with Crippen molar-refractivity contribution in [2.45, 2.75) is 31.1 Å². The molecule has 1 atom stereocenters. The van der Waals surface area contributed by atoms with Gasteiger partial charge in [-0.3, -0.25) is 4.79 Å². The molecule has 0 N–H and O–H groups in total. The first-order chi connectivity index (χ1) is 9.82. The molecule has 0 bridgehead atoms. The fourth-order valence-electron chi connectivity index (χ4n) is 2.65. The van der Waals surface area contributed by atoms with Crippen LogP contribution in [0.2, 0.25) is 0 Å². The molecule has 1 aliphatic rings. The zero-order valence-electron chi connectivity index (χ0n) is 11.7. The van der Waals surface area contributed by atoms with Crippen molar-refractivity contribution < 1.29 is 17.6 Å². The van der Waals surface area contributed by atoms with E-state index >= 15 is 0 Å². The Balaban J connectivity index is 2.17. The predicted molar refractivity (Wildman–Crippen MR) is 78.4 cm³/mol. The fraction of sp³-hybridized carbons (Fsp3) is 0.500. The Labute approximate surface area is 128 Å². The minimum absolute atomic E-state index is 0.115. The van der Waals surface area contributed by atoms with Gasteiger partial charge in [0.15, 0.2) is 0 Å². The molecule has 1 aromatic rings. The van der Waals surface area contributed by atoms with Gasteiger partial charge in [-0.2, -0.15) is 0 Å². The summed E-state index contributed by atoms with van der Waals surface area (Å²) in [5.74, 6) is -0.796. The van der Waals surface area contributed by atoms with Crippen molar-refractivity contribution in [2.75, 3.05) is 13.1 Å². The summed E-state index contributed by atoms with van der Waals surface area (Å²) >= 11 is 0. The van der Waals surface area contributed by atoms with E-state index in [1.807, 2.05) is 0 Å². The van der Waals surface area contributed by atoms with Crippen LogP contribution in [-0.4, -0.2) is 32.3 Å². The fourth-order valence-corrected chi connectivity index (χ4v) is 3.42. The van der Waals surface area contributed by atoms with Crippen molar-refractivity contribution in [3.05, 3.63) is 29.6 Å². The highest BCUT2D eigenvalue weighted by atomic mass is 35.7. The molecule has 1 aliphatic heterocycles. The van der Waals surface area contributed by atoms with Crippen LogP contribution < -0.4 is 0 Å². The molecule has 0 saturated carbocycles. The number of amides is 1. The highest BCUT2D eigenvalue weighted by Crippen LogP contribution is 2.24. The first kappa shape index (κ1) is 16.2. The lowest BCUT2D eigenvalue weighted by atomic mass is 10.0. The summed E-state index contributed by atoms with van der Waals surface area (Å²) in [6.45, 7) is 3.33. The van der Waals surface area contributed by atoms with Gasteiger partial charge >= 0.3 is 0 Å². The van der Waals surface area contributed by atoms with Crippen molar-refractivity contribution in [3.8, 4) is 0 Å². The average Bonchev–Trinajstić information content (AvgIpc) is 2.86. The second kappa shape index (κ2) is 6.32. The number of rotatable bonds is 4. The SMILES string of the molecule is CCCC1CCN(C(=O)c2ccc(S(=O)(=O)Cl)cc2F)C1. The van der Waals surface area contributed by atoms with Gasteiger partial charge in [-0.05, 0) is 37.0 Å². The van der Waals surface area contributed by atoms with E-state index in [-0.39, 0.29) is 10.5 Å². The molecule has 1 fully saturated rings. The van der Waals surface area contributed by atoms with Gasteiger partial charge in [0, 0.05) is 23.8 Å². The second-order valence-electron chi connectivity index (χ2n) is 5.27. The number of benzene rings is 1. The molecule has 116 valence electrons. The Morgan fingerprint density at radius 3 is 2.76 bits per heavy atom. The van der Waals surface area contributed by atoms with Crippen LogP contribution in [-0.2, 0) is 9.05 Å². The lowest BCUT2D eigenvalue weighted by Crippen LogP contribution is -2.29. The van der Waals surface area contributed by atoms with Gasteiger partial charge in [-0.15, -0.1) is 0 Å². The van der Waals surface area contributed by atoms with Gasteiger partial charge in [-0.25, -0.2) is 12.8 Å². The van der Waals surface area contributed by atoms with E-state index in [9.17, 15) is 17.6 Å². The molecule has 21 heavy (non-hydrogen) atoms. The van der Waals surface area contributed by atoms with E-state index in [1.54, 1.807) is 4.90 Å². The van der Waals surface area contributed by atoms with Crippen LogP contribution in [0.1, 0.15) is 36.5 Å². The topological polar surface area (TPSA) is 54.5 Å². The van der Waals surface area contributed by atoms with Crippen molar-refractivity contribution in [1.82, 2.24) is 4.90 Å². The molecule has 1 saturated heterocycles. The van der Waals surface area contributed by atoms with Gasteiger partial charge < -0.3 is 4.90 Å². The number of hydrogen-bond donors (Lipinski definition) is 0. The average molecular weight is 334 g/mol. The molecule has 0 spiro atoms. The zero-order valence-corrected chi connectivity index (χ0v) is 13.3. The molecule has 0 aliphatic carbocycles. The van der Waals surface area contributed by atoms with Crippen molar-refractivity contribution in [2.24, 2.45) is 5.92 Å². The highest BCUT2D eigenvalue weighted by Gasteiger charge is 2.28. The summed E-state index contributed by atoms with van der Waals surface area (Å²) in [5, 5.41) is 0. The highest BCUT2D eigenvalue weighted by molar-refractivity contribution is 8.13. The van der Waals surface area contributed by atoms with Gasteiger partial charge in [0.2, 0.25) is 0 Å². The molecule has 2 rings (SSSR count). The van der Waals surface area contributed by atoms with Crippen LogP contribution >= 0.6 is 10.7 Å². The lowest BCUT2D eigenvalue weighted by Gasteiger charge is -2.17. The molecule has 0 radical (unpaired) electrons. The van der Waals surface area contributed by atoms with Crippen molar-refractivity contribution in [1.29, 1.82) is 0 Å². The number of carbonyl (C=O) groups excluding carboxylic acids is 1. The monoisotopic (exact) mass is 333 g/mol. The Morgan fingerprint density at radius 1 is 1.48 bits per heavy atom. The van der Waals surface area contributed by atoms with E-state index in [2.05, 4.69) is 6.92 Å². The van der Waals surface area contributed by atoms with Crippen molar-refractivity contribution >= 4 is 25.6 Å². The minimum atomic E-state index is -4.00. The summed E-state index contributed by atoms with van der Waals surface area (Å²) in [5.41, 5.74) is -0.115. The normalized spacial score (nSPS) is 19.0. The third-order valence-corrected chi connectivity index (χ3v) is 5.07. The number of likely N-dealkylation sites (tertiary alicyclic amines) is 1. The number of carbonyl (C=O) groups is 1. The molecule has 7 heteroatoms. The van der Waals surface area contributed by atoms with Crippen LogP contribution in [0.3, 0.4) is 0 Å². The molecule has 1 aromatic carbocycles. The molecule has 4 nitrogen and oxygen atoms in total. The number of hydrogen-bond acceptors (Lipinski definition) is 3. The maximum absolute atomic E-state index is 14.0. The third-order valence-electron chi connectivity index (χ3n) is 3.72. The lowest BCUT2D eigenvalue weighted by molar-refractivity contribution is 0.0781. The van der Waals surface area contributed by atoms with E-state index in [1.165, 1.54) is 6.07 Å². The van der Waals surface area contributed by atoms with E-state index < -0.39 is 20.8 Å². The third kappa shape index (κ3) is 3.74. The summed E-state index contributed by atoms with van der Waals surface area (Å²) in [6.07, 6.45) is 3.04. The van der Waals surface area contributed by atoms with Crippen LogP contribution in [0.5, 0.6) is 0 Å². The first-order valence-corrected chi connectivity index (χ1v) is 9.17. The molecular weight excluding hydrogens is 317 g/mol. The van der Waals surface area contributed by atoms with Crippen LogP contribution in [0.15, 0.2) is 23.1 Å². The number of halogens is 2. The van der Waals surface area contributed by atoms with Gasteiger partial charge in [0.1, 0.15) is 5.82 Å².